The van der Waals surface area contributed by atoms with Gasteiger partial charge in [-0.25, -0.2) is 0 Å². The molecule has 4 nitrogen and oxygen atoms in total. The standard InChI is InChI=1S/C12H16N2O2/c1-6-7-10(15)13-12(4,5)11-8(2)14-16-9(11)3/h1-5H3,(H,13,15). The molecule has 0 fully saturated rings. The minimum atomic E-state index is -0.533. The highest BCUT2D eigenvalue weighted by molar-refractivity contribution is 5.94. The summed E-state index contributed by atoms with van der Waals surface area (Å²) in [6.45, 7) is 9.10. The van der Waals surface area contributed by atoms with Gasteiger partial charge in [0, 0.05) is 5.56 Å². The largest absolute Gasteiger partial charge is 0.361 e. The molecular weight excluding hydrogens is 204 g/mol. The number of amides is 1. The Morgan fingerprint density at radius 2 is 2.06 bits per heavy atom. The van der Waals surface area contributed by atoms with Gasteiger partial charge in [-0.15, -0.1) is 0 Å². The zero-order chi connectivity index (χ0) is 12.3. The maximum atomic E-state index is 11.4. The van der Waals surface area contributed by atoms with Crippen LogP contribution in [-0.4, -0.2) is 11.1 Å². The molecule has 0 aliphatic heterocycles. The normalized spacial score (nSPS) is 10.6. The lowest BCUT2D eigenvalue weighted by molar-refractivity contribution is -0.117. The maximum Gasteiger partial charge on any atom is 0.296 e. The third-order valence-corrected chi connectivity index (χ3v) is 2.32. The molecule has 1 aromatic rings. The van der Waals surface area contributed by atoms with Gasteiger partial charge in [-0.3, -0.25) is 4.79 Å². The molecule has 86 valence electrons. The predicted octanol–water partition coefficient (Wildman–Crippen LogP) is 1.67. The van der Waals surface area contributed by atoms with Crippen LogP contribution >= 0.6 is 0 Å². The Labute approximate surface area is 95.4 Å². The lowest BCUT2D eigenvalue weighted by Crippen LogP contribution is -2.41. The zero-order valence-corrected chi connectivity index (χ0v) is 10.3. The van der Waals surface area contributed by atoms with Crippen molar-refractivity contribution in [2.75, 3.05) is 0 Å². The number of carbonyl (C=O) groups excluding carboxylic acids is 1. The second-order valence-corrected chi connectivity index (χ2v) is 4.15. The van der Waals surface area contributed by atoms with Crippen LogP contribution in [0.3, 0.4) is 0 Å². The zero-order valence-electron chi connectivity index (χ0n) is 10.3. The number of hydrogen-bond acceptors (Lipinski definition) is 3. The fourth-order valence-corrected chi connectivity index (χ4v) is 1.87. The van der Waals surface area contributed by atoms with Gasteiger partial charge in [-0.05, 0) is 40.5 Å². The van der Waals surface area contributed by atoms with E-state index in [4.69, 9.17) is 4.52 Å². The minimum Gasteiger partial charge on any atom is -0.361 e. The molecule has 1 aromatic heterocycles. The highest BCUT2D eigenvalue weighted by atomic mass is 16.5. The van der Waals surface area contributed by atoms with Crippen molar-refractivity contribution in [1.82, 2.24) is 10.5 Å². The number of aryl methyl sites for hydroxylation is 2. The first-order chi connectivity index (χ1) is 7.38. The molecule has 1 N–H and O–H groups in total. The van der Waals surface area contributed by atoms with Crippen LogP contribution in [-0.2, 0) is 10.3 Å². The lowest BCUT2D eigenvalue weighted by Gasteiger charge is -2.25. The van der Waals surface area contributed by atoms with E-state index in [1.54, 1.807) is 6.92 Å². The molecule has 0 saturated heterocycles. The summed E-state index contributed by atoms with van der Waals surface area (Å²) in [4.78, 5) is 11.4. The molecule has 1 rings (SSSR count). The first-order valence-electron chi connectivity index (χ1n) is 5.06. The summed E-state index contributed by atoms with van der Waals surface area (Å²) >= 11 is 0. The van der Waals surface area contributed by atoms with Crippen molar-refractivity contribution >= 4 is 5.91 Å². The molecule has 0 aliphatic rings. The van der Waals surface area contributed by atoms with E-state index in [2.05, 4.69) is 22.3 Å². The number of hydrogen-bond donors (Lipinski definition) is 1. The lowest BCUT2D eigenvalue weighted by atomic mass is 9.92. The molecule has 4 heteroatoms. The summed E-state index contributed by atoms with van der Waals surface area (Å²) in [5.74, 6) is 5.43. The van der Waals surface area contributed by atoms with Crippen LogP contribution in [0.4, 0.5) is 0 Å². The number of aromatic nitrogens is 1. The number of rotatable bonds is 2. The summed E-state index contributed by atoms with van der Waals surface area (Å²) in [6, 6.07) is 0. The van der Waals surface area contributed by atoms with Gasteiger partial charge in [0.1, 0.15) is 5.76 Å². The van der Waals surface area contributed by atoms with E-state index in [9.17, 15) is 4.79 Å². The van der Waals surface area contributed by atoms with Crippen LogP contribution in [0.1, 0.15) is 37.8 Å². The van der Waals surface area contributed by atoms with Crippen LogP contribution in [0, 0.1) is 25.7 Å². The Morgan fingerprint density at radius 3 is 2.50 bits per heavy atom. The molecule has 0 radical (unpaired) electrons. The van der Waals surface area contributed by atoms with Crippen LogP contribution in [0.25, 0.3) is 0 Å². The molecule has 0 aliphatic carbocycles. The van der Waals surface area contributed by atoms with Crippen molar-refractivity contribution in [1.29, 1.82) is 0 Å². The van der Waals surface area contributed by atoms with E-state index in [1.165, 1.54) is 0 Å². The molecule has 0 spiro atoms. The van der Waals surface area contributed by atoms with Crippen LogP contribution < -0.4 is 5.32 Å². The van der Waals surface area contributed by atoms with E-state index in [-0.39, 0.29) is 5.91 Å². The molecule has 1 heterocycles. The third kappa shape index (κ3) is 2.43. The third-order valence-electron chi connectivity index (χ3n) is 2.32. The topological polar surface area (TPSA) is 55.1 Å². The summed E-state index contributed by atoms with van der Waals surface area (Å²) < 4.78 is 5.09. The number of nitrogens with zero attached hydrogens (tertiary/aromatic N) is 1. The predicted molar refractivity (Wildman–Crippen MR) is 60.6 cm³/mol. The number of carbonyl (C=O) groups is 1. The fraction of sp³-hybridized carbons (Fsp3) is 0.500. The van der Waals surface area contributed by atoms with Crippen molar-refractivity contribution in [3.8, 4) is 11.8 Å². The van der Waals surface area contributed by atoms with Gasteiger partial charge < -0.3 is 9.84 Å². The minimum absolute atomic E-state index is 0.299. The Bertz CT molecular complexity index is 442. The number of nitrogens with one attached hydrogen (secondary N) is 1. The van der Waals surface area contributed by atoms with Gasteiger partial charge in [0.15, 0.2) is 0 Å². The summed E-state index contributed by atoms with van der Waals surface area (Å²) in [5, 5.41) is 6.70. The van der Waals surface area contributed by atoms with Gasteiger partial charge in [-0.2, -0.15) is 0 Å². The summed E-state index contributed by atoms with van der Waals surface area (Å²) in [7, 11) is 0. The monoisotopic (exact) mass is 220 g/mol. The van der Waals surface area contributed by atoms with Crippen molar-refractivity contribution < 1.29 is 9.32 Å². The molecule has 0 aromatic carbocycles. The first kappa shape index (κ1) is 12.3. The summed E-state index contributed by atoms with van der Waals surface area (Å²) in [6.07, 6.45) is 0. The molecule has 0 saturated carbocycles. The Morgan fingerprint density at radius 1 is 1.44 bits per heavy atom. The highest BCUT2D eigenvalue weighted by Gasteiger charge is 2.29. The van der Waals surface area contributed by atoms with E-state index in [1.807, 2.05) is 27.7 Å². The molecule has 1 amide bonds. The summed E-state index contributed by atoms with van der Waals surface area (Å²) in [5.41, 5.74) is 1.15. The molecule has 0 unspecified atom stereocenters. The molecule has 16 heavy (non-hydrogen) atoms. The second kappa shape index (κ2) is 4.40. The second-order valence-electron chi connectivity index (χ2n) is 4.15. The Kier molecular flexibility index (Phi) is 3.38. The van der Waals surface area contributed by atoms with Crippen LogP contribution in [0.2, 0.25) is 0 Å². The van der Waals surface area contributed by atoms with E-state index in [0.29, 0.717) is 5.76 Å². The first-order valence-corrected chi connectivity index (χ1v) is 5.06. The van der Waals surface area contributed by atoms with Gasteiger partial charge in [0.05, 0.1) is 11.2 Å². The van der Waals surface area contributed by atoms with Gasteiger partial charge in [0.2, 0.25) is 0 Å². The quantitative estimate of drug-likeness (QED) is 0.771. The maximum absolute atomic E-state index is 11.4. The van der Waals surface area contributed by atoms with Crippen molar-refractivity contribution in [3.63, 3.8) is 0 Å². The van der Waals surface area contributed by atoms with Crippen LogP contribution in [0.15, 0.2) is 4.52 Å². The average molecular weight is 220 g/mol. The Balaban J connectivity index is 3.01. The van der Waals surface area contributed by atoms with Gasteiger partial charge in [0.25, 0.3) is 5.91 Å². The van der Waals surface area contributed by atoms with Crippen LogP contribution in [0.5, 0.6) is 0 Å². The van der Waals surface area contributed by atoms with Gasteiger partial charge in [-0.1, -0.05) is 11.1 Å². The van der Waals surface area contributed by atoms with Crippen molar-refractivity contribution in [2.45, 2.75) is 40.2 Å². The Hall–Kier alpha value is -1.76. The highest BCUT2D eigenvalue weighted by Crippen LogP contribution is 2.26. The van der Waals surface area contributed by atoms with E-state index >= 15 is 0 Å². The van der Waals surface area contributed by atoms with Crippen molar-refractivity contribution in [3.05, 3.63) is 17.0 Å². The molecule has 0 bridgehead atoms. The fourth-order valence-electron chi connectivity index (χ4n) is 1.87. The molecular formula is C12H16N2O2. The SMILES string of the molecule is CC#CC(=O)NC(C)(C)c1c(C)noc1C. The van der Waals surface area contributed by atoms with Gasteiger partial charge >= 0.3 is 0 Å². The van der Waals surface area contributed by atoms with Crippen molar-refractivity contribution in [2.24, 2.45) is 0 Å². The smallest absolute Gasteiger partial charge is 0.296 e. The molecule has 0 atom stereocenters. The van der Waals surface area contributed by atoms with E-state index < -0.39 is 5.54 Å². The average Bonchev–Trinajstić information content (AvgIpc) is 2.45. The van der Waals surface area contributed by atoms with E-state index in [0.717, 1.165) is 11.3 Å².